The fourth-order valence-corrected chi connectivity index (χ4v) is 3.29. The number of carbonyl (C=O) groups is 2. The van der Waals surface area contributed by atoms with Crippen molar-refractivity contribution in [2.45, 2.75) is 38.8 Å². The number of rotatable bonds is 2. The molecule has 1 fully saturated rings. The summed E-state index contributed by atoms with van der Waals surface area (Å²) in [6.07, 6.45) is 0.0107. The monoisotopic (exact) mass is 297 g/mol. The molecule has 1 saturated heterocycles. The minimum Gasteiger partial charge on any atom is -0.481 e. The second-order valence-corrected chi connectivity index (χ2v) is 6.85. The van der Waals surface area contributed by atoms with Gasteiger partial charge in [-0.25, -0.2) is 4.79 Å². The second kappa shape index (κ2) is 5.44. The van der Waals surface area contributed by atoms with E-state index in [-0.39, 0.29) is 0 Å². The minimum absolute atomic E-state index is 0.411. The number of thiophene rings is 1. The molecule has 6 heteroatoms. The van der Waals surface area contributed by atoms with E-state index in [1.165, 1.54) is 16.2 Å². The Balaban J connectivity index is 2.24. The Morgan fingerprint density at radius 3 is 2.65 bits per heavy atom. The van der Waals surface area contributed by atoms with E-state index in [1.54, 1.807) is 20.8 Å². The molecule has 0 bridgehead atoms. The van der Waals surface area contributed by atoms with Gasteiger partial charge in [0.05, 0.1) is 12.0 Å². The maximum atomic E-state index is 12.3. The van der Waals surface area contributed by atoms with Gasteiger partial charge in [-0.1, -0.05) is 6.07 Å². The molecular formula is C14H19NO4S. The molecule has 1 aromatic rings. The molecule has 0 aromatic carbocycles. The van der Waals surface area contributed by atoms with E-state index in [0.29, 0.717) is 13.0 Å². The lowest BCUT2D eigenvalue weighted by atomic mass is 9.99. The second-order valence-electron chi connectivity index (χ2n) is 5.87. The third kappa shape index (κ3) is 3.12. The molecule has 2 rings (SSSR count). The van der Waals surface area contributed by atoms with Gasteiger partial charge in [-0.15, -0.1) is 11.3 Å². The van der Waals surface area contributed by atoms with E-state index in [1.807, 2.05) is 17.5 Å². The average molecular weight is 297 g/mol. The fourth-order valence-electron chi connectivity index (χ4n) is 2.39. The van der Waals surface area contributed by atoms with Crippen LogP contribution in [0.1, 0.15) is 38.1 Å². The number of amides is 1. The summed E-state index contributed by atoms with van der Waals surface area (Å²) in [5.74, 6) is -1.43. The summed E-state index contributed by atoms with van der Waals surface area (Å²) in [7, 11) is 0. The summed E-state index contributed by atoms with van der Waals surface area (Å²) >= 11 is 1.47. The molecule has 1 amide bonds. The van der Waals surface area contributed by atoms with E-state index in [2.05, 4.69) is 0 Å². The van der Waals surface area contributed by atoms with Crippen LogP contribution in [0.5, 0.6) is 0 Å². The maximum absolute atomic E-state index is 12.3. The third-order valence-electron chi connectivity index (χ3n) is 3.18. The number of nitrogens with zero attached hydrogens (tertiary/aromatic N) is 1. The molecule has 0 radical (unpaired) electrons. The molecule has 0 spiro atoms. The first kappa shape index (κ1) is 14.8. The van der Waals surface area contributed by atoms with Crippen LogP contribution in [0.3, 0.4) is 0 Å². The molecule has 0 aliphatic carbocycles. The highest BCUT2D eigenvalue weighted by atomic mass is 32.1. The quantitative estimate of drug-likeness (QED) is 0.910. The van der Waals surface area contributed by atoms with Crippen molar-refractivity contribution in [3.05, 3.63) is 22.4 Å². The minimum atomic E-state index is -0.866. The molecule has 0 saturated carbocycles. The molecule has 0 unspecified atom stereocenters. The predicted molar refractivity (Wildman–Crippen MR) is 75.7 cm³/mol. The Kier molecular flexibility index (Phi) is 4.04. The van der Waals surface area contributed by atoms with E-state index < -0.39 is 29.6 Å². The van der Waals surface area contributed by atoms with Crippen LogP contribution in [0.4, 0.5) is 4.79 Å². The van der Waals surface area contributed by atoms with Crippen LogP contribution in [0.2, 0.25) is 0 Å². The zero-order chi connectivity index (χ0) is 14.9. The van der Waals surface area contributed by atoms with Gasteiger partial charge in [-0.2, -0.15) is 0 Å². The van der Waals surface area contributed by atoms with Gasteiger partial charge in [0.25, 0.3) is 0 Å². The largest absolute Gasteiger partial charge is 0.481 e. The number of likely N-dealkylation sites (tertiary alicyclic amines) is 1. The Morgan fingerprint density at radius 2 is 2.15 bits per heavy atom. The van der Waals surface area contributed by atoms with Crippen LogP contribution in [-0.2, 0) is 9.53 Å². The zero-order valence-electron chi connectivity index (χ0n) is 11.8. The van der Waals surface area contributed by atoms with Gasteiger partial charge in [-0.05, 0) is 38.6 Å². The third-order valence-corrected chi connectivity index (χ3v) is 4.12. The van der Waals surface area contributed by atoms with Gasteiger partial charge in [0.15, 0.2) is 0 Å². The van der Waals surface area contributed by atoms with Crippen LogP contribution >= 0.6 is 11.3 Å². The molecule has 5 nitrogen and oxygen atoms in total. The molecule has 1 aliphatic heterocycles. The summed E-state index contributed by atoms with van der Waals surface area (Å²) in [4.78, 5) is 26.1. The van der Waals surface area contributed by atoms with E-state index >= 15 is 0 Å². The number of hydrogen-bond acceptors (Lipinski definition) is 4. The van der Waals surface area contributed by atoms with Crippen molar-refractivity contribution in [2.24, 2.45) is 5.92 Å². The number of aliphatic carboxylic acids is 1. The van der Waals surface area contributed by atoms with Crippen molar-refractivity contribution in [1.29, 1.82) is 0 Å². The predicted octanol–water partition coefficient (Wildman–Crippen LogP) is 3.13. The van der Waals surface area contributed by atoms with Gasteiger partial charge in [0.2, 0.25) is 0 Å². The molecule has 1 aromatic heterocycles. The van der Waals surface area contributed by atoms with Crippen LogP contribution in [0.15, 0.2) is 17.5 Å². The first-order chi connectivity index (χ1) is 9.29. The van der Waals surface area contributed by atoms with Gasteiger partial charge in [0, 0.05) is 11.4 Å². The lowest BCUT2D eigenvalue weighted by Gasteiger charge is -2.29. The van der Waals surface area contributed by atoms with E-state index in [0.717, 1.165) is 4.88 Å². The molecule has 110 valence electrons. The number of hydrogen-bond donors (Lipinski definition) is 1. The molecular weight excluding hydrogens is 278 g/mol. The van der Waals surface area contributed by atoms with Crippen molar-refractivity contribution in [1.82, 2.24) is 4.90 Å². The Hall–Kier alpha value is -1.56. The van der Waals surface area contributed by atoms with Crippen LogP contribution in [0, 0.1) is 5.92 Å². The van der Waals surface area contributed by atoms with Gasteiger partial charge in [0.1, 0.15) is 5.60 Å². The summed E-state index contributed by atoms with van der Waals surface area (Å²) in [5.41, 5.74) is -0.585. The SMILES string of the molecule is CC(C)(C)OC(=O)N1CC[C@H](C(=O)O)[C@H]1c1cccs1. The highest BCUT2D eigenvalue weighted by Crippen LogP contribution is 2.40. The lowest BCUT2D eigenvalue weighted by Crippen LogP contribution is -2.37. The summed E-state index contributed by atoms with van der Waals surface area (Å²) in [6.45, 7) is 5.82. The zero-order valence-corrected chi connectivity index (χ0v) is 12.6. The van der Waals surface area contributed by atoms with Gasteiger partial charge < -0.3 is 9.84 Å². The van der Waals surface area contributed by atoms with Gasteiger partial charge >= 0.3 is 12.1 Å². The average Bonchev–Trinajstić information content (AvgIpc) is 2.95. The smallest absolute Gasteiger partial charge is 0.410 e. The van der Waals surface area contributed by atoms with Crippen LogP contribution < -0.4 is 0 Å². The van der Waals surface area contributed by atoms with E-state index in [9.17, 15) is 14.7 Å². The number of ether oxygens (including phenoxy) is 1. The Labute approximate surface area is 122 Å². The Morgan fingerprint density at radius 1 is 1.45 bits per heavy atom. The van der Waals surface area contributed by atoms with Crippen molar-refractivity contribution >= 4 is 23.4 Å². The molecule has 2 atom stereocenters. The van der Waals surface area contributed by atoms with Crippen molar-refractivity contribution in [3.8, 4) is 0 Å². The summed E-state index contributed by atoms with van der Waals surface area (Å²) < 4.78 is 5.38. The molecule has 2 heterocycles. The van der Waals surface area contributed by atoms with Crippen molar-refractivity contribution in [3.63, 3.8) is 0 Å². The fraction of sp³-hybridized carbons (Fsp3) is 0.571. The number of carboxylic acids is 1. The first-order valence-corrected chi connectivity index (χ1v) is 7.43. The number of carboxylic acid groups (broad SMARTS) is 1. The molecule has 1 aliphatic rings. The van der Waals surface area contributed by atoms with Gasteiger partial charge in [-0.3, -0.25) is 9.69 Å². The first-order valence-electron chi connectivity index (χ1n) is 6.55. The molecule has 1 N–H and O–H groups in total. The lowest BCUT2D eigenvalue weighted by molar-refractivity contribution is -0.142. The van der Waals surface area contributed by atoms with E-state index in [4.69, 9.17) is 4.74 Å². The molecule has 20 heavy (non-hydrogen) atoms. The Bertz CT molecular complexity index is 492. The standard InChI is InChI=1S/C14H19NO4S/c1-14(2,3)19-13(18)15-7-6-9(12(16)17)11(15)10-5-4-8-20-10/h4-5,8-9,11H,6-7H2,1-3H3,(H,16,17)/t9-,11-/m0/s1. The topological polar surface area (TPSA) is 66.8 Å². The maximum Gasteiger partial charge on any atom is 0.410 e. The summed E-state index contributed by atoms with van der Waals surface area (Å²) in [5, 5.41) is 11.2. The highest BCUT2D eigenvalue weighted by Gasteiger charge is 2.44. The van der Waals surface area contributed by atoms with Crippen molar-refractivity contribution in [2.75, 3.05) is 6.54 Å². The van der Waals surface area contributed by atoms with Crippen LogP contribution in [0.25, 0.3) is 0 Å². The number of carbonyl (C=O) groups excluding carboxylic acids is 1. The highest BCUT2D eigenvalue weighted by molar-refractivity contribution is 7.10. The van der Waals surface area contributed by atoms with Crippen LogP contribution in [-0.4, -0.2) is 34.2 Å². The summed E-state index contributed by atoms with van der Waals surface area (Å²) in [6, 6.07) is 3.31. The normalized spacial score (nSPS) is 22.9. The van der Waals surface area contributed by atoms with Crippen molar-refractivity contribution < 1.29 is 19.4 Å².